The second-order valence-electron chi connectivity index (χ2n) is 5.23. The number of nitrogen functional groups attached to an aromatic ring is 1. The van der Waals surface area contributed by atoms with Crippen LogP contribution in [0.4, 0.5) is 5.69 Å². The summed E-state index contributed by atoms with van der Waals surface area (Å²) in [6.45, 7) is 0. The van der Waals surface area contributed by atoms with Gasteiger partial charge in [0.2, 0.25) is 0 Å². The van der Waals surface area contributed by atoms with E-state index in [-0.39, 0.29) is 6.42 Å². The molecular weight excluding hydrogens is 478 g/mol. The van der Waals surface area contributed by atoms with Crippen molar-refractivity contribution in [2.24, 2.45) is 0 Å². The van der Waals surface area contributed by atoms with Gasteiger partial charge in [-0.1, -0.05) is 29.3 Å². The largest absolute Gasteiger partial charge is 0.467 e. The number of carbonyl (C=O) groups is 2. The average Bonchev–Trinajstić information content (AvgIpc) is 2.56. The Morgan fingerprint density at radius 3 is 2.52 bits per heavy atom. The molecule has 5 nitrogen and oxygen atoms in total. The zero-order valence-corrected chi connectivity index (χ0v) is 16.9. The van der Waals surface area contributed by atoms with Crippen LogP contribution in [0.15, 0.2) is 36.4 Å². The van der Waals surface area contributed by atoms with E-state index in [0.717, 1.165) is 9.13 Å². The Labute approximate surface area is 169 Å². The number of hydrogen-bond acceptors (Lipinski definition) is 4. The van der Waals surface area contributed by atoms with Gasteiger partial charge in [-0.05, 0) is 58.5 Å². The lowest BCUT2D eigenvalue weighted by molar-refractivity contribution is -0.142. The topological polar surface area (TPSA) is 81.4 Å². The molecule has 25 heavy (non-hydrogen) atoms. The summed E-state index contributed by atoms with van der Waals surface area (Å²) in [4.78, 5) is 24.5. The molecule has 2 aromatic carbocycles. The Balaban J connectivity index is 2.21. The number of nitrogens with one attached hydrogen (secondary N) is 1. The minimum Gasteiger partial charge on any atom is -0.467 e. The summed E-state index contributed by atoms with van der Waals surface area (Å²) in [7, 11) is 1.26. The molecule has 0 radical (unpaired) electrons. The number of carbonyl (C=O) groups excluding carboxylic acids is 2. The summed E-state index contributed by atoms with van der Waals surface area (Å²) >= 11 is 14.0. The van der Waals surface area contributed by atoms with Crippen LogP contribution in [-0.2, 0) is 16.0 Å². The molecule has 8 heteroatoms. The van der Waals surface area contributed by atoms with Crippen molar-refractivity contribution in [3.05, 3.63) is 61.1 Å². The van der Waals surface area contributed by atoms with Crippen molar-refractivity contribution in [3.8, 4) is 0 Å². The van der Waals surface area contributed by atoms with Crippen LogP contribution in [0, 0.1) is 3.57 Å². The van der Waals surface area contributed by atoms with Gasteiger partial charge < -0.3 is 15.8 Å². The fourth-order valence-electron chi connectivity index (χ4n) is 2.21. The fraction of sp³-hybridized carbons (Fsp3) is 0.176. The van der Waals surface area contributed by atoms with Crippen molar-refractivity contribution in [3.63, 3.8) is 0 Å². The molecule has 0 bridgehead atoms. The molecule has 132 valence electrons. The maximum absolute atomic E-state index is 12.5. The van der Waals surface area contributed by atoms with Crippen LogP contribution >= 0.6 is 45.8 Å². The van der Waals surface area contributed by atoms with Gasteiger partial charge in [0.05, 0.1) is 22.7 Å². The fourth-order valence-corrected chi connectivity index (χ4v) is 3.05. The molecule has 0 spiro atoms. The summed E-state index contributed by atoms with van der Waals surface area (Å²) in [6, 6.07) is 9.18. The van der Waals surface area contributed by atoms with Crippen molar-refractivity contribution in [2.45, 2.75) is 12.5 Å². The first-order valence-corrected chi connectivity index (χ1v) is 9.03. The van der Waals surface area contributed by atoms with Gasteiger partial charge in [-0.3, -0.25) is 4.79 Å². The van der Waals surface area contributed by atoms with Gasteiger partial charge in [-0.2, -0.15) is 0 Å². The van der Waals surface area contributed by atoms with Crippen molar-refractivity contribution < 1.29 is 14.3 Å². The second kappa shape index (κ2) is 8.73. The maximum Gasteiger partial charge on any atom is 0.328 e. The van der Waals surface area contributed by atoms with Gasteiger partial charge in [0.1, 0.15) is 6.04 Å². The molecule has 0 saturated carbocycles. The maximum atomic E-state index is 12.5. The summed E-state index contributed by atoms with van der Waals surface area (Å²) in [5.41, 5.74) is 7.25. The molecule has 0 saturated heterocycles. The summed E-state index contributed by atoms with van der Waals surface area (Å²) in [6.07, 6.45) is 0.208. The molecule has 3 N–H and O–H groups in total. The number of nitrogens with two attached hydrogens (primary N) is 1. The monoisotopic (exact) mass is 492 g/mol. The summed E-state index contributed by atoms with van der Waals surface area (Å²) in [5, 5.41) is 3.44. The number of esters is 1. The summed E-state index contributed by atoms with van der Waals surface area (Å²) < 4.78 is 5.69. The van der Waals surface area contributed by atoms with E-state index in [0.29, 0.717) is 21.3 Å². The number of benzene rings is 2. The molecule has 2 rings (SSSR count). The van der Waals surface area contributed by atoms with Gasteiger partial charge >= 0.3 is 5.97 Å². The Morgan fingerprint density at radius 2 is 1.92 bits per heavy atom. The molecule has 2 aromatic rings. The molecule has 0 heterocycles. The smallest absolute Gasteiger partial charge is 0.328 e. The lowest BCUT2D eigenvalue weighted by Crippen LogP contribution is -2.43. The van der Waals surface area contributed by atoms with E-state index in [2.05, 4.69) is 27.9 Å². The molecule has 0 unspecified atom stereocenters. The van der Waals surface area contributed by atoms with E-state index in [1.54, 1.807) is 36.4 Å². The zero-order valence-electron chi connectivity index (χ0n) is 13.2. The van der Waals surface area contributed by atoms with E-state index < -0.39 is 17.9 Å². The van der Waals surface area contributed by atoms with Gasteiger partial charge in [-0.25, -0.2) is 4.79 Å². The second-order valence-corrected chi connectivity index (χ2v) is 7.29. The third kappa shape index (κ3) is 5.23. The van der Waals surface area contributed by atoms with Crippen molar-refractivity contribution in [1.29, 1.82) is 0 Å². The normalized spacial score (nSPS) is 11.7. The highest BCUT2D eigenvalue weighted by Crippen LogP contribution is 2.23. The minimum atomic E-state index is -0.881. The molecule has 1 amide bonds. The molecule has 0 fully saturated rings. The molecule has 0 aliphatic carbocycles. The van der Waals surface area contributed by atoms with Crippen LogP contribution in [0.5, 0.6) is 0 Å². The molecular formula is C17H15Cl2IN2O3. The molecule has 1 atom stereocenters. The number of methoxy groups -OCH3 is 1. The van der Waals surface area contributed by atoms with Crippen LogP contribution in [-0.4, -0.2) is 25.0 Å². The third-order valence-corrected chi connectivity index (χ3v) is 4.88. The number of halogens is 3. The van der Waals surface area contributed by atoms with Gasteiger partial charge in [0, 0.05) is 15.7 Å². The minimum absolute atomic E-state index is 0.208. The highest BCUT2D eigenvalue weighted by molar-refractivity contribution is 14.1. The quantitative estimate of drug-likeness (QED) is 0.379. The van der Waals surface area contributed by atoms with Crippen molar-refractivity contribution in [1.82, 2.24) is 5.32 Å². The number of anilines is 1. The number of ether oxygens (including phenoxy) is 1. The lowest BCUT2D eigenvalue weighted by Gasteiger charge is -2.17. The Bertz CT molecular complexity index is 814. The Morgan fingerprint density at radius 1 is 1.20 bits per heavy atom. The van der Waals surface area contributed by atoms with E-state index in [9.17, 15) is 9.59 Å². The number of rotatable bonds is 5. The Hall–Kier alpha value is -1.51. The first kappa shape index (κ1) is 19.8. The van der Waals surface area contributed by atoms with Crippen LogP contribution in [0.25, 0.3) is 0 Å². The van der Waals surface area contributed by atoms with Crippen LogP contribution in [0.2, 0.25) is 10.0 Å². The van der Waals surface area contributed by atoms with Gasteiger partial charge in [-0.15, -0.1) is 0 Å². The average molecular weight is 493 g/mol. The third-order valence-electron chi connectivity index (χ3n) is 3.47. The molecule has 0 aromatic heterocycles. The SMILES string of the molecule is COC(=O)[C@H](Cc1ccc(Cl)c(Cl)c1)NC(=O)c1ccc(I)cc1N. The van der Waals surface area contributed by atoms with E-state index >= 15 is 0 Å². The molecule has 0 aliphatic heterocycles. The van der Waals surface area contributed by atoms with Gasteiger partial charge in [0.25, 0.3) is 5.91 Å². The van der Waals surface area contributed by atoms with Crippen molar-refractivity contribution in [2.75, 3.05) is 12.8 Å². The zero-order chi connectivity index (χ0) is 18.6. The van der Waals surface area contributed by atoms with E-state index in [1.807, 2.05) is 0 Å². The Kier molecular flexibility index (Phi) is 6.92. The van der Waals surface area contributed by atoms with Gasteiger partial charge in [0.15, 0.2) is 0 Å². The first-order valence-electron chi connectivity index (χ1n) is 7.19. The first-order chi connectivity index (χ1) is 11.8. The standard InChI is InChI=1S/C17H15Cl2IN2O3/c1-25-17(24)15(7-9-2-5-12(18)13(19)6-9)22-16(23)11-4-3-10(20)8-14(11)21/h2-6,8,15H,7,21H2,1H3,(H,22,23)/t15-/m0/s1. The van der Waals surface area contributed by atoms with Crippen molar-refractivity contribution >= 4 is 63.4 Å². The van der Waals surface area contributed by atoms with E-state index in [1.165, 1.54) is 7.11 Å². The number of amides is 1. The summed E-state index contributed by atoms with van der Waals surface area (Å²) in [5.74, 6) is -1.02. The highest BCUT2D eigenvalue weighted by Gasteiger charge is 2.23. The van der Waals surface area contributed by atoms with Crippen LogP contribution in [0.3, 0.4) is 0 Å². The highest BCUT2D eigenvalue weighted by atomic mass is 127. The number of hydrogen-bond donors (Lipinski definition) is 2. The van der Waals surface area contributed by atoms with Crippen LogP contribution < -0.4 is 11.1 Å². The van der Waals surface area contributed by atoms with E-state index in [4.69, 9.17) is 33.7 Å². The predicted octanol–water partition coefficient (Wildman–Crippen LogP) is 3.69. The predicted molar refractivity (Wildman–Crippen MR) is 107 cm³/mol. The van der Waals surface area contributed by atoms with Crippen LogP contribution in [0.1, 0.15) is 15.9 Å². The lowest BCUT2D eigenvalue weighted by atomic mass is 10.0. The molecule has 0 aliphatic rings.